The number of rotatable bonds is 42. The van der Waals surface area contributed by atoms with E-state index in [4.69, 9.17) is 14.2 Å². The molecule has 0 spiro atoms. The van der Waals surface area contributed by atoms with Crippen LogP contribution < -0.4 is 0 Å². The van der Waals surface area contributed by atoms with Crippen molar-refractivity contribution in [2.75, 3.05) is 13.2 Å². The monoisotopic (exact) mass is 893 g/mol. The molecule has 0 saturated carbocycles. The Morgan fingerprint density at radius 3 is 1.18 bits per heavy atom. The first kappa shape index (κ1) is 60.0. The third-order valence-electron chi connectivity index (χ3n) is 9.69. The molecule has 0 aromatic rings. The van der Waals surface area contributed by atoms with E-state index in [1.165, 1.54) is 44.9 Å². The normalized spacial score (nSPS) is 13.5. The molecule has 1 unspecified atom stereocenters. The first-order valence-electron chi connectivity index (χ1n) is 25.1. The summed E-state index contributed by atoms with van der Waals surface area (Å²) < 4.78 is 16.6. The summed E-state index contributed by atoms with van der Waals surface area (Å²) in [6.07, 6.45) is 75.2. The Balaban J connectivity index is 4.64. The van der Waals surface area contributed by atoms with Gasteiger partial charge in [-0.3, -0.25) is 14.4 Å². The molecule has 0 amide bonds. The van der Waals surface area contributed by atoms with E-state index < -0.39 is 12.1 Å². The highest BCUT2D eigenvalue weighted by atomic mass is 16.6. The van der Waals surface area contributed by atoms with E-state index in [1.54, 1.807) is 0 Å². The summed E-state index contributed by atoms with van der Waals surface area (Å²) >= 11 is 0. The first-order valence-corrected chi connectivity index (χ1v) is 25.1. The molecule has 6 heteroatoms. The van der Waals surface area contributed by atoms with Gasteiger partial charge in [0.25, 0.3) is 0 Å². The minimum atomic E-state index is -0.851. The summed E-state index contributed by atoms with van der Waals surface area (Å²) in [5.41, 5.74) is 0. The number of carbonyl (C=O) groups is 3. The second kappa shape index (κ2) is 51.7. The lowest BCUT2D eigenvalue weighted by atomic mass is 10.1. The summed E-state index contributed by atoms with van der Waals surface area (Å²) in [6, 6.07) is 0. The maximum absolute atomic E-state index is 12.8. The maximum Gasteiger partial charge on any atom is 0.306 e. The second-order valence-electron chi connectivity index (χ2n) is 15.8. The van der Waals surface area contributed by atoms with Crippen LogP contribution in [0.1, 0.15) is 175 Å². The van der Waals surface area contributed by atoms with Crippen LogP contribution in [0.15, 0.2) is 158 Å². The van der Waals surface area contributed by atoms with E-state index in [9.17, 15) is 14.4 Å². The van der Waals surface area contributed by atoms with Crippen molar-refractivity contribution in [1.29, 1.82) is 0 Å². The lowest BCUT2D eigenvalue weighted by Crippen LogP contribution is -2.30. The van der Waals surface area contributed by atoms with Gasteiger partial charge in [0, 0.05) is 19.3 Å². The smallest absolute Gasteiger partial charge is 0.306 e. The summed E-state index contributed by atoms with van der Waals surface area (Å²) in [5.74, 6) is -1.11. The maximum atomic E-state index is 12.8. The fourth-order valence-corrected chi connectivity index (χ4v) is 5.99. The Morgan fingerprint density at radius 2 is 0.692 bits per heavy atom. The standard InChI is InChI=1S/C59H88O6/c1-4-7-10-13-16-19-22-24-26-28-29-31-32-34-37-40-43-46-49-52-58(61)64-55-56(54-63-57(60)51-48-45-42-39-36-21-18-15-12-9-6-3)65-59(62)53-50-47-44-41-38-35-33-30-27-25-23-20-17-14-11-8-5-2/h7,9-10,12-13,16,18-19,21-22,24-29,31-35,37,39,41-42,44,56H,4-6,8,11,14-15,17,20,23,30,36,38,40,43,45-55H2,1-3H3/b10-7-,12-9-,16-13-,21-18-,22-19-,26-24-,27-25-,29-28+,32-31-,35-33-,37-34-,42-39-,44-41-. The van der Waals surface area contributed by atoms with E-state index in [2.05, 4.69) is 106 Å². The van der Waals surface area contributed by atoms with Crippen LogP contribution >= 0.6 is 0 Å². The van der Waals surface area contributed by atoms with E-state index in [1.807, 2.05) is 72.9 Å². The van der Waals surface area contributed by atoms with E-state index in [0.717, 1.165) is 70.6 Å². The SMILES string of the molecule is CC\C=C/C=C\C=C/C=C\C=C\C=C/C=C\CCCCCC(=O)OCC(COC(=O)CCC/C=C\C/C=C\C/C=C\CC)OC(=O)CCC/C=C\C/C=C\C/C=C\CCCCCCCC. The van der Waals surface area contributed by atoms with Gasteiger partial charge in [0.1, 0.15) is 13.2 Å². The molecule has 0 aliphatic carbocycles. The van der Waals surface area contributed by atoms with Crippen molar-refractivity contribution in [2.45, 2.75) is 181 Å². The van der Waals surface area contributed by atoms with Gasteiger partial charge in [0.15, 0.2) is 6.10 Å². The third kappa shape index (κ3) is 49.9. The number of hydrogen-bond acceptors (Lipinski definition) is 6. The highest BCUT2D eigenvalue weighted by Gasteiger charge is 2.19. The fraction of sp³-hybridized carbons (Fsp3) is 0.508. The minimum absolute atomic E-state index is 0.146. The summed E-state index contributed by atoms with van der Waals surface area (Å²) in [4.78, 5) is 37.9. The van der Waals surface area contributed by atoms with Crippen LogP contribution in [0.2, 0.25) is 0 Å². The molecule has 1 atom stereocenters. The van der Waals surface area contributed by atoms with Gasteiger partial charge in [-0.15, -0.1) is 0 Å². The molecule has 0 heterocycles. The summed E-state index contributed by atoms with van der Waals surface area (Å²) in [7, 11) is 0. The zero-order valence-electron chi connectivity index (χ0n) is 40.9. The van der Waals surface area contributed by atoms with Crippen LogP contribution in [-0.2, 0) is 28.6 Å². The molecule has 0 N–H and O–H groups in total. The molecule has 0 aliphatic heterocycles. The van der Waals surface area contributed by atoms with Crippen molar-refractivity contribution in [3.8, 4) is 0 Å². The Bertz CT molecular complexity index is 1540. The van der Waals surface area contributed by atoms with Crippen LogP contribution in [0.25, 0.3) is 0 Å². The van der Waals surface area contributed by atoms with E-state index >= 15 is 0 Å². The summed E-state index contributed by atoms with van der Waals surface area (Å²) in [5, 5.41) is 0. The number of unbranched alkanes of at least 4 members (excludes halogenated alkanes) is 11. The average Bonchev–Trinajstić information content (AvgIpc) is 3.30. The van der Waals surface area contributed by atoms with E-state index in [-0.39, 0.29) is 44.4 Å². The predicted molar refractivity (Wildman–Crippen MR) is 278 cm³/mol. The molecule has 0 aromatic heterocycles. The molecule has 0 bridgehead atoms. The Hall–Kier alpha value is -4.97. The van der Waals surface area contributed by atoms with Crippen molar-refractivity contribution < 1.29 is 28.6 Å². The number of hydrogen-bond donors (Lipinski definition) is 0. The van der Waals surface area contributed by atoms with E-state index in [0.29, 0.717) is 19.3 Å². The van der Waals surface area contributed by atoms with Crippen molar-refractivity contribution in [3.05, 3.63) is 158 Å². The molecule has 0 radical (unpaired) electrons. The van der Waals surface area contributed by atoms with Crippen LogP contribution in [0.3, 0.4) is 0 Å². The first-order chi connectivity index (χ1) is 32.0. The predicted octanol–water partition coefficient (Wildman–Crippen LogP) is 16.6. The third-order valence-corrected chi connectivity index (χ3v) is 9.69. The van der Waals surface area contributed by atoms with Crippen molar-refractivity contribution in [1.82, 2.24) is 0 Å². The van der Waals surface area contributed by atoms with Gasteiger partial charge in [0.2, 0.25) is 0 Å². The topological polar surface area (TPSA) is 78.9 Å². The molecule has 0 rings (SSSR count). The highest BCUT2D eigenvalue weighted by Crippen LogP contribution is 2.10. The van der Waals surface area contributed by atoms with Gasteiger partial charge < -0.3 is 14.2 Å². The zero-order chi connectivity index (χ0) is 47.2. The van der Waals surface area contributed by atoms with Crippen LogP contribution in [0, 0.1) is 0 Å². The molecule has 65 heavy (non-hydrogen) atoms. The number of allylic oxidation sites excluding steroid dienone is 26. The Kier molecular flexibility index (Phi) is 47.7. The number of ether oxygens (including phenoxy) is 3. The van der Waals surface area contributed by atoms with Gasteiger partial charge in [-0.1, -0.05) is 217 Å². The second-order valence-corrected chi connectivity index (χ2v) is 15.8. The van der Waals surface area contributed by atoms with Gasteiger partial charge in [0.05, 0.1) is 0 Å². The van der Waals surface area contributed by atoms with Crippen LogP contribution in [-0.4, -0.2) is 37.2 Å². The highest BCUT2D eigenvalue weighted by molar-refractivity contribution is 5.71. The van der Waals surface area contributed by atoms with Gasteiger partial charge in [-0.2, -0.15) is 0 Å². The molecular formula is C59H88O6. The molecule has 0 saturated heterocycles. The van der Waals surface area contributed by atoms with Crippen molar-refractivity contribution in [2.24, 2.45) is 0 Å². The van der Waals surface area contributed by atoms with Gasteiger partial charge in [-0.05, 0) is 96.3 Å². The summed E-state index contributed by atoms with van der Waals surface area (Å²) in [6.45, 7) is 6.20. The largest absolute Gasteiger partial charge is 0.462 e. The van der Waals surface area contributed by atoms with Gasteiger partial charge >= 0.3 is 17.9 Å². The molecule has 0 aromatic carbocycles. The minimum Gasteiger partial charge on any atom is -0.462 e. The van der Waals surface area contributed by atoms with Crippen LogP contribution in [0.4, 0.5) is 0 Å². The fourth-order valence-electron chi connectivity index (χ4n) is 5.99. The molecule has 6 nitrogen and oxygen atoms in total. The lowest BCUT2D eigenvalue weighted by Gasteiger charge is -2.18. The molecule has 360 valence electrons. The quantitative estimate of drug-likeness (QED) is 0.0200. The Morgan fingerprint density at radius 1 is 0.338 bits per heavy atom. The zero-order valence-corrected chi connectivity index (χ0v) is 40.9. The molecular weight excluding hydrogens is 805 g/mol. The van der Waals surface area contributed by atoms with Crippen molar-refractivity contribution in [3.63, 3.8) is 0 Å². The van der Waals surface area contributed by atoms with Crippen LogP contribution in [0.5, 0.6) is 0 Å². The molecule has 0 fully saturated rings. The van der Waals surface area contributed by atoms with Gasteiger partial charge in [-0.25, -0.2) is 0 Å². The lowest BCUT2D eigenvalue weighted by molar-refractivity contribution is -0.167. The molecule has 0 aliphatic rings. The Labute approximate surface area is 397 Å². The average molecular weight is 893 g/mol. The number of esters is 3. The van der Waals surface area contributed by atoms with Crippen molar-refractivity contribution >= 4 is 17.9 Å². The number of carbonyl (C=O) groups excluding carboxylic acids is 3.